The second-order valence-corrected chi connectivity index (χ2v) is 9.05. The van der Waals surface area contributed by atoms with E-state index in [0.29, 0.717) is 43.2 Å². The van der Waals surface area contributed by atoms with Crippen molar-refractivity contribution in [3.05, 3.63) is 73.9 Å². The van der Waals surface area contributed by atoms with Crippen LogP contribution >= 0.6 is 34.5 Å². The molecule has 10 heteroatoms. The molecular weight excluding hydrogens is 457 g/mol. The summed E-state index contributed by atoms with van der Waals surface area (Å²) < 4.78 is 8.45. The van der Waals surface area contributed by atoms with Crippen LogP contribution < -0.4 is 10.1 Å². The molecule has 0 fully saturated rings. The van der Waals surface area contributed by atoms with Crippen molar-refractivity contribution in [2.45, 2.75) is 20.8 Å². The lowest BCUT2D eigenvalue weighted by Crippen LogP contribution is -2.11. The number of hydrogen-bond donors (Lipinski definition) is 1. The number of carbonyl (C=O) groups is 1. The molecule has 3 heterocycles. The molecular formula is C21H17Cl2N5O2S. The number of benzene rings is 1. The molecule has 0 bridgehead atoms. The van der Waals surface area contributed by atoms with E-state index in [1.165, 1.54) is 0 Å². The number of nitrogens with zero attached hydrogens (tertiary/aromatic N) is 4. The van der Waals surface area contributed by atoms with E-state index in [0.717, 1.165) is 22.7 Å². The largest absolute Gasteiger partial charge is 0.439 e. The molecule has 3 aromatic heterocycles. The third kappa shape index (κ3) is 4.87. The SMILES string of the molecule is Cc1cc(C)n(-c2cc(Oc3ccc(NC(=O)c4cc(Cl)sc4Cl)cc3)nc(C)n2)n1. The third-order valence-electron chi connectivity index (χ3n) is 4.26. The van der Waals surface area contributed by atoms with Gasteiger partial charge in [-0.1, -0.05) is 23.2 Å². The Morgan fingerprint density at radius 1 is 1.06 bits per heavy atom. The van der Waals surface area contributed by atoms with Gasteiger partial charge in [-0.3, -0.25) is 4.79 Å². The van der Waals surface area contributed by atoms with Crippen LogP contribution in [-0.2, 0) is 0 Å². The van der Waals surface area contributed by atoms with Crippen molar-refractivity contribution in [1.82, 2.24) is 19.7 Å². The lowest BCUT2D eigenvalue weighted by Gasteiger charge is -2.10. The average Bonchev–Trinajstić information content (AvgIpc) is 3.22. The van der Waals surface area contributed by atoms with Gasteiger partial charge in [-0.25, -0.2) is 9.67 Å². The van der Waals surface area contributed by atoms with Crippen LogP contribution in [-0.4, -0.2) is 25.7 Å². The lowest BCUT2D eigenvalue weighted by atomic mass is 10.2. The monoisotopic (exact) mass is 473 g/mol. The number of carbonyl (C=O) groups excluding carboxylic acids is 1. The molecule has 0 aliphatic heterocycles. The summed E-state index contributed by atoms with van der Waals surface area (Å²) in [6.45, 7) is 5.68. The number of halogens is 2. The van der Waals surface area contributed by atoms with E-state index >= 15 is 0 Å². The molecule has 0 aliphatic carbocycles. The number of thiophene rings is 1. The van der Waals surface area contributed by atoms with Crippen molar-refractivity contribution in [3.63, 3.8) is 0 Å². The molecule has 0 atom stereocenters. The average molecular weight is 474 g/mol. The summed E-state index contributed by atoms with van der Waals surface area (Å²) in [6, 6.07) is 12.2. The Hall–Kier alpha value is -2.94. The van der Waals surface area contributed by atoms with Crippen molar-refractivity contribution >= 4 is 46.1 Å². The molecule has 4 rings (SSSR count). The highest BCUT2D eigenvalue weighted by atomic mass is 35.5. The second kappa shape index (κ2) is 8.66. The van der Waals surface area contributed by atoms with Crippen LogP contribution in [0.4, 0.5) is 5.69 Å². The minimum absolute atomic E-state index is 0.331. The maximum Gasteiger partial charge on any atom is 0.258 e. The molecule has 7 nitrogen and oxygen atoms in total. The van der Waals surface area contributed by atoms with Gasteiger partial charge in [0.2, 0.25) is 5.88 Å². The fourth-order valence-electron chi connectivity index (χ4n) is 2.97. The standard InChI is InChI=1S/C21H17Cl2N5O2S/c1-11-8-12(2)28(27-11)18-10-19(25-13(3)24-18)30-15-6-4-14(5-7-15)26-21(29)16-9-17(22)31-20(16)23/h4-10H,1-3H3,(H,26,29). The first kappa shape index (κ1) is 21.3. The molecule has 1 aromatic carbocycles. The summed E-state index contributed by atoms with van der Waals surface area (Å²) >= 11 is 13.1. The number of aromatic nitrogens is 4. The molecule has 0 radical (unpaired) electrons. The van der Waals surface area contributed by atoms with Gasteiger partial charge in [-0.15, -0.1) is 11.3 Å². The quantitative estimate of drug-likeness (QED) is 0.384. The first-order valence-corrected chi connectivity index (χ1v) is 10.8. The van der Waals surface area contributed by atoms with Crippen LogP contribution in [0, 0.1) is 20.8 Å². The Morgan fingerprint density at radius 3 is 2.42 bits per heavy atom. The molecule has 0 saturated heterocycles. The van der Waals surface area contributed by atoms with E-state index in [2.05, 4.69) is 20.4 Å². The van der Waals surface area contributed by atoms with Gasteiger partial charge in [0.05, 0.1) is 15.6 Å². The number of nitrogens with one attached hydrogen (secondary N) is 1. The summed E-state index contributed by atoms with van der Waals surface area (Å²) in [4.78, 5) is 21.1. The van der Waals surface area contributed by atoms with Crippen molar-refractivity contribution < 1.29 is 9.53 Å². The molecule has 1 amide bonds. The predicted octanol–water partition coefficient (Wildman–Crippen LogP) is 6.00. The Balaban J connectivity index is 1.50. The minimum Gasteiger partial charge on any atom is -0.439 e. The van der Waals surface area contributed by atoms with Crippen LogP contribution in [0.2, 0.25) is 8.67 Å². The van der Waals surface area contributed by atoms with Crippen LogP contribution in [0.3, 0.4) is 0 Å². The highest BCUT2D eigenvalue weighted by Gasteiger charge is 2.15. The fourth-order valence-corrected chi connectivity index (χ4v) is 4.43. The zero-order valence-corrected chi connectivity index (χ0v) is 19.1. The molecule has 31 heavy (non-hydrogen) atoms. The van der Waals surface area contributed by atoms with Crippen molar-refractivity contribution in [2.24, 2.45) is 0 Å². The normalized spacial score (nSPS) is 10.9. The van der Waals surface area contributed by atoms with E-state index in [1.807, 2.05) is 19.9 Å². The molecule has 4 aromatic rings. The van der Waals surface area contributed by atoms with E-state index < -0.39 is 0 Å². The van der Waals surface area contributed by atoms with Gasteiger partial charge in [0.15, 0.2) is 5.82 Å². The van der Waals surface area contributed by atoms with Crippen LogP contribution in [0.5, 0.6) is 11.6 Å². The number of rotatable bonds is 5. The first-order valence-electron chi connectivity index (χ1n) is 9.22. The second-order valence-electron chi connectivity index (χ2n) is 6.77. The highest BCUT2D eigenvalue weighted by Crippen LogP contribution is 2.32. The molecule has 1 N–H and O–H groups in total. The maximum atomic E-state index is 12.4. The topological polar surface area (TPSA) is 81.9 Å². The van der Waals surface area contributed by atoms with Crippen LogP contribution in [0.1, 0.15) is 27.6 Å². The fraction of sp³-hybridized carbons (Fsp3) is 0.143. The zero-order chi connectivity index (χ0) is 22.1. The Kier molecular flexibility index (Phi) is 5.95. The van der Waals surface area contributed by atoms with Gasteiger partial charge in [0, 0.05) is 17.4 Å². The van der Waals surface area contributed by atoms with E-state index in [9.17, 15) is 4.79 Å². The Bertz CT molecular complexity index is 1270. The van der Waals surface area contributed by atoms with Crippen molar-refractivity contribution in [1.29, 1.82) is 0 Å². The maximum absolute atomic E-state index is 12.4. The van der Waals surface area contributed by atoms with Gasteiger partial charge < -0.3 is 10.1 Å². The Morgan fingerprint density at radius 2 is 1.81 bits per heavy atom. The summed E-state index contributed by atoms with van der Waals surface area (Å²) in [5.41, 5.74) is 2.80. The highest BCUT2D eigenvalue weighted by molar-refractivity contribution is 7.20. The smallest absolute Gasteiger partial charge is 0.258 e. The number of amides is 1. The van der Waals surface area contributed by atoms with Crippen molar-refractivity contribution in [3.8, 4) is 17.4 Å². The number of aryl methyl sites for hydroxylation is 3. The molecule has 0 saturated carbocycles. The Labute approximate surface area is 192 Å². The van der Waals surface area contributed by atoms with Gasteiger partial charge >= 0.3 is 0 Å². The number of anilines is 1. The first-order chi connectivity index (χ1) is 14.8. The molecule has 0 unspecified atom stereocenters. The van der Waals surface area contributed by atoms with E-state index in [-0.39, 0.29) is 5.91 Å². The van der Waals surface area contributed by atoms with E-state index in [1.54, 1.807) is 48.0 Å². The summed E-state index contributed by atoms with van der Waals surface area (Å²) in [5.74, 6) is 1.82. The van der Waals surface area contributed by atoms with Gasteiger partial charge in [-0.05, 0) is 57.2 Å². The van der Waals surface area contributed by atoms with Crippen LogP contribution in [0.15, 0.2) is 42.5 Å². The summed E-state index contributed by atoms with van der Waals surface area (Å²) in [6.07, 6.45) is 0. The summed E-state index contributed by atoms with van der Waals surface area (Å²) in [5, 5.41) is 7.24. The number of ether oxygens (including phenoxy) is 1. The lowest BCUT2D eigenvalue weighted by molar-refractivity contribution is 0.102. The molecule has 158 valence electrons. The summed E-state index contributed by atoms with van der Waals surface area (Å²) in [7, 11) is 0. The van der Waals surface area contributed by atoms with Crippen molar-refractivity contribution in [2.75, 3.05) is 5.32 Å². The van der Waals surface area contributed by atoms with E-state index in [4.69, 9.17) is 27.9 Å². The van der Waals surface area contributed by atoms with Gasteiger partial charge in [0.1, 0.15) is 15.9 Å². The van der Waals surface area contributed by atoms with Gasteiger partial charge in [-0.2, -0.15) is 10.1 Å². The molecule has 0 aliphatic rings. The van der Waals surface area contributed by atoms with Gasteiger partial charge in [0.25, 0.3) is 5.91 Å². The third-order valence-corrected chi connectivity index (χ3v) is 5.75. The minimum atomic E-state index is -0.331. The predicted molar refractivity (Wildman–Crippen MR) is 122 cm³/mol. The van der Waals surface area contributed by atoms with Crippen LogP contribution in [0.25, 0.3) is 5.82 Å². The zero-order valence-electron chi connectivity index (χ0n) is 16.8. The number of hydrogen-bond acceptors (Lipinski definition) is 6. The molecule has 0 spiro atoms.